The quantitative estimate of drug-likeness (QED) is 0.850. The van der Waals surface area contributed by atoms with Crippen LogP contribution in [-0.4, -0.2) is 58.4 Å². The van der Waals surface area contributed by atoms with E-state index < -0.39 is 0 Å². The van der Waals surface area contributed by atoms with Crippen LogP contribution < -0.4 is 10.1 Å². The van der Waals surface area contributed by atoms with E-state index in [0.717, 1.165) is 28.2 Å². The summed E-state index contributed by atoms with van der Waals surface area (Å²) in [6.07, 6.45) is 1.17. The molecule has 1 amide bonds. The Morgan fingerprint density at radius 2 is 2.22 bits per heavy atom. The Balaban J connectivity index is 1.63. The summed E-state index contributed by atoms with van der Waals surface area (Å²) in [5.74, 6) is 0.599. The molecule has 0 bridgehead atoms. The molecule has 142 valence electrons. The largest absolute Gasteiger partial charge is 0.504 e. The summed E-state index contributed by atoms with van der Waals surface area (Å²) in [5.41, 5.74) is 4.05. The van der Waals surface area contributed by atoms with Gasteiger partial charge >= 0.3 is 6.09 Å². The Labute approximate surface area is 157 Å². The molecule has 27 heavy (non-hydrogen) atoms. The fraction of sp³-hybridized carbons (Fsp3) is 0.421. The number of phenolic OH excluding ortho intramolecular Hbond substituents is 1. The maximum Gasteiger partial charge on any atom is 0.407 e. The Bertz CT molecular complexity index is 886. The average molecular weight is 370 g/mol. The van der Waals surface area contributed by atoms with E-state index in [-0.39, 0.29) is 17.9 Å². The molecule has 3 heterocycles. The van der Waals surface area contributed by atoms with Crippen molar-refractivity contribution in [1.29, 1.82) is 0 Å². The van der Waals surface area contributed by atoms with Crippen LogP contribution in [0, 0.1) is 13.8 Å². The Morgan fingerprint density at radius 3 is 3.00 bits per heavy atom. The molecule has 2 N–H and O–H groups in total. The number of benzene rings is 1. The summed E-state index contributed by atoms with van der Waals surface area (Å²) < 4.78 is 11.0. The van der Waals surface area contributed by atoms with E-state index in [1.54, 1.807) is 12.3 Å². The highest BCUT2D eigenvalue weighted by molar-refractivity contribution is 5.69. The predicted molar refractivity (Wildman–Crippen MR) is 97.7 cm³/mol. The highest BCUT2D eigenvalue weighted by Gasteiger charge is 2.27. The zero-order valence-electron chi connectivity index (χ0n) is 15.4. The van der Waals surface area contributed by atoms with Crippen LogP contribution in [0.25, 0.3) is 11.3 Å². The monoisotopic (exact) mass is 370 g/mol. The number of hydrogen-bond acceptors (Lipinski definition) is 7. The maximum atomic E-state index is 11.2. The predicted octanol–water partition coefficient (Wildman–Crippen LogP) is 1.77. The van der Waals surface area contributed by atoms with Crippen LogP contribution in [0.3, 0.4) is 0 Å². The number of aromatic nitrogens is 2. The molecule has 1 fully saturated rings. The Hall–Kier alpha value is -2.87. The summed E-state index contributed by atoms with van der Waals surface area (Å²) in [7, 11) is 0. The fourth-order valence-electron chi connectivity index (χ4n) is 3.48. The van der Waals surface area contributed by atoms with Crippen LogP contribution >= 0.6 is 0 Å². The van der Waals surface area contributed by atoms with Gasteiger partial charge in [0.15, 0.2) is 11.5 Å². The maximum absolute atomic E-state index is 11.2. The van der Waals surface area contributed by atoms with E-state index in [1.165, 1.54) is 0 Å². The van der Waals surface area contributed by atoms with E-state index in [4.69, 9.17) is 9.47 Å². The van der Waals surface area contributed by atoms with E-state index >= 15 is 0 Å². The van der Waals surface area contributed by atoms with Gasteiger partial charge in [-0.2, -0.15) is 0 Å². The highest BCUT2D eigenvalue weighted by atomic mass is 16.6. The number of rotatable bonds is 3. The second-order valence-electron chi connectivity index (χ2n) is 6.92. The first-order valence-electron chi connectivity index (χ1n) is 8.96. The van der Waals surface area contributed by atoms with E-state index in [2.05, 4.69) is 20.2 Å². The second kappa shape index (κ2) is 7.03. The summed E-state index contributed by atoms with van der Waals surface area (Å²) in [6, 6.07) is 3.66. The minimum absolute atomic E-state index is 0.0982. The summed E-state index contributed by atoms with van der Waals surface area (Å²) in [4.78, 5) is 22.3. The molecule has 1 aromatic carbocycles. The second-order valence-corrected chi connectivity index (χ2v) is 6.92. The smallest absolute Gasteiger partial charge is 0.407 e. The number of alkyl carbamates (subject to hydrolysis) is 1. The Morgan fingerprint density at radius 1 is 1.37 bits per heavy atom. The van der Waals surface area contributed by atoms with Crippen LogP contribution in [0.5, 0.6) is 11.5 Å². The van der Waals surface area contributed by atoms with Crippen molar-refractivity contribution in [1.82, 2.24) is 20.2 Å². The lowest BCUT2D eigenvalue weighted by atomic mass is 10.0. The van der Waals surface area contributed by atoms with Gasteiger partial charge < -0.3 is 19.9 Å². The number of nitrogens with zero attached hydrogens (tertiary/aromatic N) is 3. The molecule has 1 saturated heterocycles. The minimum Gasteiger partial charge on any atom is -0.504 e. The number of amides is 1. The lowest BCUT2D eigenvalue weighted by Gasteiger charge is -2.22. The standard InChI is InChI=1S/C19H22N4O4/c1-11-7-20-12(2)17(22-11)13-5-14-9-23(10-15-8-21-19(25)27-15)3-4-26-18(14)16(24)6-13/h5-7,15,24H,3-4,8-10H2,1-2H3,(H,21,25)/t15-/m0/s1. The molecule has 1 aromatic heterocycles. The van der Waals surface area contributed by atoms with Crippen molar-refractivity contribution in [3.63, 3.8) is 0 Å². The van der Waals surface area contributed by atoms with Gasteiger partial charge in [0.2, 0.25) is 0 Å². The molecule has 4 rings (SSSR count). The molecule has 8 heteroatoms. The number of cyclic esters (lactones) is 1. The normalized spacial score (nSPS) is 19.6. The van der Waals surface area contributed by atoms with Crippen LogP contribution in [0.1, 0.15) is 17.0 Å². The molecular formula is C19H22N4O4. The van der Waals surface area contributed by atoms with Crippen molar-refractivity contribution >= 4 is 6.09 Å². The summed E-state index contributed by atoms with van der Waals surface area (Å²) >= 11 is 0. The van der Waals surface area contributed by atoms with E-state index in [9.17, 15) is 9.90 Å². The number of carbonyl (C=O) groups excluding carboxylic acids is 1. The molecule has 0 saturated carbocycles. The van der Waals surface area contributed by atoms with E-state index in [0.29, 0.717) is 38.5 Å². The van der Waals surface area contributed by atoms with Gasteiger partial charge in [0.25, 0.3) is 0 Å². The van der Waals surface area contributed by atoms with Crippen molar-refractivity contribution in [2.24, 2.45) is 0 Å². The van der Waals surface area contributed by atoms with Gasteiger partial charge in [0.05, 0.1) is 23.6 Å². The number of nitrogens with one attached hydrogen (secondary N) is 1. The third-order valence-corrected chi connectivity index (χ3v) is 4.75. The van der Waals surface area contributed by atoms with Crippen molar-refractivity contribution in [3.8, 4) is 22.8 Å². The highest BCUT2D eigenvalue weighted by Crippen LogP contribution is 2.37. The number of aryl methyl sites for hydroxylation is 2. The molecular weight excluding hydrogens is 348 g/mol. The number of carbonyl (C=O) groups is 1. The molecule has 0 unspecified atom stereocenters. The zero-order chi connectivity index (χ0) is 19.0. The lowest BCUT2D eigenvalue weighted by Crippen LogP contribution is -2.35. The van der Waals surface area contributed by atoms with Crippen LogP contribution in [0.15, 0.2) is 18.3 Å². The van der Waals surface area contributed by atoms with Crippen molar-refractivity contribution < 1.29 is 19.4 Å². The molecule has 8 nitrogen and oxygen atoms in total. The molecule has 0 aliphatic carbocycles. The average Bonchev–Trinajstić information content (AvgIpc) is 2.92. The van der Waals surface area contributed by atoms with Crippen molar-refractivity contribution in [2.45, 2.75) is 26.5 Å². The summed E-state index contributed by atoms with van der Waals surface area (Å²) in [6.45, 7) is 6.62. The molecule has 2 aliphatic heterocycles. The molecule has 0 spiro atoms. The van der Waals surface area contributed by atoms with E-state index in [1.807, 2.05) is 19.9 Å². The van der Waals surface area contributed by atoms with Gasteiger partial charge in [0, 0.05) is 37.0 Å². The lowest BCUT2D eigenvalue weighted by molar-refractivity contribution is 0.103. The fourth-order valence-corrected chi connectivity index (χ4v) is 3.48. The number of hydrogen-bond donors (Lipinski definition) is 2. The molecule has 0 radical (unpaired) electrons. The van der Waals surface area contributed by atoms with Crippen LogP contribution in [0.2, 0.25) is 0 Å². The number of phenols is 1. The van der Waals surface area contributed by atoms with Gasteiger partial charge in [0.1, 0.15) is 12.7 Å². The third kappa shape index (κ3) is 3.66. The van der Waals surface area contributed by atoms with Crippen LogP contribution in [0.4, 0.5) is 4.79 Å². The minimum atomic E-state index is -0.375. The van der Waals surface area contributed by atoms with Crippen molar-refractivity contribution in [3.05, 3.63) is 35.3 Å². The van der Waals surface area contributed by atoms with Gasteiger partial charge in [-0.25, -0.2) is 9.78 Å². The first kappa shape index (κ1) is 17.5. The van der Waals surface area contributed by atoms with Crippen molar-refractivity contribution in [2.75, 3.05) is 26.2 Å². The number of aromatic hydroxyl groups is 1. The first-order chi connectivity index (χ1) is 13.0. The van der Waals surface area contributed by atoms with Crippen LogP contribution in [-0.2, 0) is 11.3 Å². The zero-order valence-corrected chi connectivity index (χ0v) is 15.4. The van der Waals surface area contributed by atoms with Gasteiger partial charge in [-0.15, -0.1) is 0 Å². The first-order valence-corrected chi connectivity index (χ1v) is 8.96. The number of ether oxygens (including phenoxy) is 2. The van der Waals surface area contributed by atoms with Gasteiger partial charge in [-0.3, -0.25) is 9.88 Å². The molecule has 2 aromatic rings. The van der Waals surface area contributed by atoms with Gasteiger partial charge in [-0.1, -0.05) is 0 Å². The molecule has 1 atom stereocenters. The SMILES string of the molecule is Cc1cnc(C)c(-c2cc(O)c3c(c2)CN(C[C@@H]2CNC(=O)O2)CCO3)n1. The molecule has 2 aliphatic rings. The Kier molecular flexibility index (Phi) is 4.57. The van der Waals surface area contributed by atoms with Gasteiger partial charge in [-0.05, 0) is 26.0 Å². The third-order valence-electron chi connectivity index (χ3n) is 4.75. The topological polar surface area (TPSA) is 96.8 Å². The number of fused-ring (bicyclic) bond motifs is 1. The summed E-state index contributed by atoms with van der Waals surface area (Å²) in [5, 5.41) is 13.2.